The maximum absolute atomic E-state index is 14.1. The second-order valence-electron chi connectivity index (χ2n) is 16.9. The molecular formula is C41H70N12O14. The van der Waals surface area contributed by atoms with Crippen molar-refractivity contribution in [1.82, 2.24) is 41.7 Å². The largest absolute Gasteiger partial charge is 0.481 e. The van der Waals surface area contributed by atoms with Crippen LogP contribution < -0.4 is 54.8 Å². The first-order chi connectivity index (χ1) is 31.5. The average Bonchev–Trinajstić information content (AvgIpc) is 3.97. The fourth-order valence-corrected chi connectivity index (χ4v) is 7.57. The molecule has 26 nitrogen and oxygen atoms in total. The van der Waals surface area contributed by atoms with E-state index < -0.39 is 145 Å². The van der Waals surface area contributed by atoms with Gasteiger partial charge in [0.2, 0.25) is 53.2 Å². The number of carboxylic acids is 2. The van der Waals surface area contributed by atoms with E-state index in [9.17, 15) is 68.1 Å². The highest BCUT2D eigenvalue weighted by molar-refractivity contribution is 5.99. The zero-order valence-corrected chi connectivity index (χ0v) is 38.3. The second-order valence-corrected chi connectivity index (χ2v) is 16.9. The number of nitrogens with one attached hydrogen (secondary N) is 6. The van der Waals surface area contributed by atoms with E-state index in [4.69, 9.17) is 22.9 Å². The summed E-state index contributed by atoms with van der Waals surface area (Å²) in [5.41, 5.74) is 22.5. The third-order valence-electron chi connectivity index (χ3n) is 11.4. The number of rotatable bonds is 29. The smallest absolute Gasteiger partial charge is 0.325 e. The molecule has 0 saturated carbocycles. The third-order valence-corrected chi connectivity index (χ3v) is 11.4. The van der Waals surface area contributed by atoms with Crippen LogP contribution in [0.3, 0.4) is 0 Å². The lowest BCUT2D eigenvalue weighted by Gasteiger charge is -2.33. The van der Waals surface area contributed by atoms with E-state index in [2.05, 4.69) is 31.9 Å². The van der Waals surface area contributed by atoms with Crippen LogP contribution in [0.25, 0.3) is 0 Å². The number of nitrogens with zero attached hydrogens (tertiary/aromatic N) is 2. The van der Waals surface area contributed by atoms with Gasteiger partial charge in [-0.15, -0.1) is 0 Å². The number of aliphatic hydroxyl groups excluding tert-OH is 1. The number of aliphatic hydroxyl groups is 1. The van der Waals surface area contributed by atoms with Crippen LogP contribution in [0.15, 0.2) is 0 Å². The van der Waals surface area contributed by atoms with Crippen LogP contribution in [0.2, 0.25) is 0 Å². The second kappa shape index (κ2) is 28.2. The van der Waals surface area contributed by atoms with Crippen molar-refractivity contribution in [1.29, 1.82) is 0 Å². The van der Waals surface area contributed by atoms with Gasteiger partial charge in [0.1, 0.15) is 48.3 Å². The van der Waals surface area contributed by atoms with E-state index >= 15 is 0 Å². The van der Waals surface area contributed by atoms with E-state index in [0.29, 0.717) is 45.1 Å². The van der Waals surface area contributed by atoms with E-state index in [0.717, 1.165) is 6.92 Å². The topological polar surface area (TPSA) is 431 Å². The van der Waals surface area contributed by atoms with Crippen molar-refractivity contribution in [3.63, 3.8) is 0 Å². The number of carbonyl (C=O) groups is 11. The standard InChI is InChI=1S/C41H70N12O14/c1-21(33(58)49-26(11-5-7-17-43)39(64)53-19-9-13-29(53)40(65)52-18-8-12-28(52)37(62)47-22(2)41(66)67)46-36(61)27(20-30(45)55)50-38(63)32(23(3)54)51-35(60)25(14-15-31(56)57)48-34(59)24(44)10-4-6-16-42/h21-29,32,54H,4-20,42-44H2,1-3H3,(H2,45,55)(H,46,61)(H,47,62)(H,48,59)(H,49,58)(H,50,63)(H,51,60)(H,56,57)(H,66,67)/t21-,22-,23+,24-,25-,26-,27-,28-,29-,32-/m0/s1. The molecule has 2 saturated heterocycles. The van der Waals surface area contributed by atoms with Crippen LogP contribution in [-0.4, -0.2) is 177 Å². The number of likely N-dealkylation sites (tertiary alicyclic amines) is 2. The maximum atomic E-state index is 14.1. The van der Waals surface area contributed by atoms with Crippen LogP contribution in [-0.2, 0) is 52.7 Å². The fraction of sp³-hybridized carbons (Fsp3) is 0.732. The van der Waals surface area contributed by atoms with Gasteiger partial charge in [0.05, 0.1) is 18.6 Å². The molecular weight excluding hydrogens is 885 g/mol. The number of aliphatic carboxylic acids is 2. The lowest BCUT2D eigenvalue weighted by atomic mass is 10.0. The molecule has 2 aliphatic rings. The van der Waals surface area contributed by atoms with Crippen molar-refractivity contribution in [3.8, 4) is 0 Å². The van der Waals surface area contributed by atoms with Crippen LogP contribution in [0, 0.1) is 0 Å². The Hall–Kier alpha value is -5.99. The molecule has 2 rings (SSSR count). The molecule has 378 valence electrons. The molecule has 9 amide bonds. The first-order valence-corrected chi connectivity index (χ1v) is 22.5. The Morgan fingerprint density at radius 1 is 0.612 bits per heavy atom. The number of amides is 9. The van der Waals surface area contributed by atoms with Crippen molar-refractivity contribution in [2.24, 2.45) is 22.9 Å². The fourth-order valence-electron chi connectivity index (χ4n) is 7.57. The van der Waals surface area contributed by atoms with Crippen LogP contribution >= 0.6 is 0 Å². The number of hydrogen-bond donors (Lipinski definition) is 13. The van der Waals surface area contributed by atoms with E-state index in [1.54, 1.807) is 0 Å². The highest BCUT2D eigenvalue weighted by Crippen LogP contribution is 2.26. The molecule has 0 spiro atoms. The van der Waals surface area contributed by atoms with Gasteiger partial charge in [-0.1, -0.05) is 6.42 Å². The maximum Gasteiger partial charge on any atom is 0.325 e. The van der Waals surface area contributed by atoms with Crippen molar-refractivity contribution in [2.45, 2.75) is 165 Å². The van der Waals surface area contributed by atoms with Crippen molar-refractivity contribution >= 4 is 65.1 Å². The molecule has 0 radical (unpaired) electrons. The highest BCUT2D eigenvalue weighted by atomic mass is 16.4. The van der Waals surface area contributed by atoms with Gasteiger partial charge in [-0.3, -0.25) is 52.7 Å². The minimum Gasteiger partial charge on any atom is -0.481 e. The minimum atomic E-state index is -1.84. The predicted octanol–water partition coefficient (Wildman–Crippen LogP) is -5.29. The van der Waals surface area contributed by atoms with Crippen molar-refractivity contribution in [2.75, 3.05) is 26.2 Å². The van der Waals surface area contributed by atoms with Crippen LogP contribution in [0.4, 0.5) is 0 Å². The monoisotopic (exact) mass is 955 g/mol. The Labute approximate surface area is 388 Å². The first kappa shape index (κ1) is 57.1. The van der Waals surface area contributed by atoms with Gasteiger partial charge in [-0.25, -0.2) is 0 Å². The molecule has 67 heavy (non-hydrogen) atoms. The summed E-state index contributed by atoms with van der Waals surface area (Å²) >= 11 is 0. The lowest BCUT2D eigenvalue weighted by molar-refractivity contribution is -0.148. The van der Waals surface area contributed by atoms with Gasteiger partial charge in [-0.05, 0) is 98.1 Å². The summed E-state index contributed by atoms with van der Waals surface area (Å²) in [6.45, 7) is 4.63. The van der Waals surface area contributed by atoms with Gasteiger partial charge in [-0.2, -0.15) is 0 Å². The van der Waals surface area contributed by atoms with Gasteiger partial charge in [0.15, 0.2) is 0 Å². The van der Waals surface area contributed by atoms with Crippen molar-refractivity contribution < 1.29 is 68.1 Å². The molecule has 2 heterocycles. The van der Waals surface area contributed by atoms with Crippen LogP contribution in [0.1, 0.15) is 104 Å². The molecule has 10 atom stereocenters. The highest BCUT2D eigenvalue weighted by Gasteiger charge is 2.44. The van der Waals surface area contributed by atoms with E-state index in [1.165, 1.54) is 23.6 Å². The summed E-state index contributed by atoms with van der Waals surface area (Å²) < 4.78 is 0. The number of primary amides is 1. The molecule has 2 fully saturated rings. The molecule has 17 N–H and O–H groups in total. The number of carbonyl (C=O) groups excluding carboxylic acids is 9. The summed E-state index contributed by atoms with van der Waals surface area (Å²) in [5, 5.41) is 43.2. The summed E-state index contributed by atoms with van der Waals surface area (Å²) in [4.78, 5) is 145. The predicted molar refractivity (Wildman–Crippen MR) is 236 cm³/mol. The Morgan fingerprint density at radius 2 is 1.16 bits per heavy atom. The Bertz CT molecular complexity index is 1790. The van der Waals surface area contributed by atoms with E-state index in [-0.39, 0.29) is 45.3 Å². The molecule has 0 unspecified atom stereocenters. The zero-order valence-electron chi connectivity index (χ0n) is 38.3. The van der Waals surface area contributed by atoms with Gasteiger partial charge in [0, 0.05) is 19.5 Å². The molecule has 0 aromatic heterocycles. The Kier molecular flexibility index (Phi) is 24.1. The molecule has 0 aliphatic carbocycles. The summed E-state index contributed by atoms with van der Waals surface area (Å²) in [6, 6.07) is -12.0. The summed E-state index contributed by atoms with van der Waals surface area (Å²) in [5.74, 6) is -10.5. The van der Waals surface area contributed by atoms with Gasteiger partial charge in [0.25, 0.3) is 0 Å². The molecule has 0 aromatic rings. The Morgan fingerprint density at radius 3 is 1.73 bits per heavy atom. The van der Waals surface area contributed by atoms with Crippen molar-refractivity contribution in [3.05, 3.63) is 0 Å². The number of hydrogen-bond acceptors (Lipinski definition) is 15. The van der Waals surface area contributed by atoms with Crippen LogP contribution in [0.5, 0.6) is 0 Å². The zero-order chi connectivity index (χ0) is 50.5. The minimum absolute atomic E-state index is 0.0803. The molecule has 0 aromatic carbocycles. The Balaban J connectivity index is 2.22. The lowest BCUT2D eigenvalue weighted by Crippen LogP contribution is -2.61. The van der Waals surface area contributed by atoms with E-state index in [1.807, 2.05) is 0 Å². The average molecular weight is 955 g/mol. The van der Waals surface area contributed by atoms with Gasteiger partial charge >= 0.3 is 11.9 Å². The summed E-state index contributed by atoms with van der Waals surface area (Å²) in [6.07, 6.45) is 0.136. The number of carboxylic acid groups (broad SMARTS) is 2. The molecule has 26 heteroatoms. The first-order valence-electron chi connectivity index (χ1n) is 22.5. The SMILES string of the molecule is C[C@H](NC(=O)[C@@H]1CCCN1C(=O)[C@@H]1CCCN1C(=O)[C@H](CCCCN)NC(=O)[C@H](C)NC(=O)[C@H](CC(N)=O)NC(=O)[C@@H](NC(=O)[C@H](CCC(=O)O)NC(=O)[C@@H](N)CCCCN)[C@@H](C)O)C(=O)O. The molecule has 0 bridgehead atoms. The summed E-state index contributed by atoms with van der Waals surface area (Å²) in [7, 11) is 0. The van der Waals surface area contributed by atoms with Gasteiger partial charge < -0.3 is 80.0 Å². The molecule has 2 aliphatic heterocycles. The number of unbranched alkanes of at least 4 members (excludes halogenated alkanes) is 2. The normalized spacial score (nSPS) is 19.3. The number of nitrogens with two attached hydrogens (primary N) is 4. The quantitative estimate of drug-likeness (QED) is 0.0312. The third kappa shape index (κ3) is 18.3.